The Balaban J connectivity index is 1.93. The largest absolute Gasteiger partial charge is 0.459 e. The van der Waals surface area contributed by atoms with E-state index >= 15 is 0 Å². The molecule has 0 radical (unpaired) electrons. The summed E-state index contributed by atoms with van der Waals surface area (Å²) < 4.78 is 0. The van der Waals surface area contributed by atoms with E-state index in [4.69, 9.17) is 0 Å². The molecule has 2 nitrogen and oxygen atoms in total. The van der Waals surface area contributed by atoms with Crippen LogP contribution in [0.4, 0.5) is 0 Å². The molecule has 2 heterocycles. The highest BCUT2D eigenvalue weighted by Gasteiger charge is 2.37. The Morgan fingerprint density at radius 3 is 2.00 bits per heavy atom. The van der Waals surface area contributed by atoms with Gasteiger partial charge in [0.05, 0.1) is 0 Å². The highest BCUT2D eigenvalue weighted by Crippen LogP contribution is 2.31. The molecule has 70 valence electrons. The third kappa shape index (κ3) is 1.38. The van der Waals surface area contributed by atoms with Crippen molar-refractivity contribution in [3.8, 4) is 0 Å². The second-order valence-corrected chi connectivity index (χ2v) is 4.60. The Morgan fingerprint density at radius 1 is 1.08 bits per heavy atom. The Labute approximate surface area is 75.5 Å². The Bertz CT molecular complexity index is 153. The maximum Gasteiger partial charge on any atom is 0.00388 e. The third-order valence-corrected chi connectivity index (χ3v) is 3.32. The van der Waals surface area contributed by atoms with Gasteiger partial charge >= 0.3 is 0 Å². The number of nitrogens with zero attached hydrogens (tertiary/aromatic N) is 2. The molecule has 0 aromatic carbocycles. The van der Waals surface area contributed by atoms with E-state index in [0.29, 0.717) is 0 Å². The number of rotatable bonds is 1. The third-order valence-electron chi connectivity index (χ3n) is 3.32. The van der Waals surface area contributed by atoms with Gasteiger partial charge in [-0.25, -0.2) is 0 Å². The van der Waals surface area contributed by atoms with E-state index < -0.39 is 0 Å². The fourth-order valence-corrected chi connectivity index (χ4v) is 2.55. The SMILES string of the molecule is [CH2-]N1C[C@@H]2CN(C(C)C)C[C@@H]2C1. The number of likely N-dealkylation sites (tertiary alicyclic amines) is 2. The van der Waals surface area contributed by atoms with Crippen molar-refractivity contribution in [2.45, 2.75) is 19.9 Å². The van der Waals surface area contributed by atoms with Crippen molar-refractivity contribution in [2.24, 2.45) is 11.8 Å². The highest BCUT2D eigenvalue weighted by molar-refractivity contribution is 4.93. The van der Waals surface area contributed by atoms with Crippen LogP contribution in [0, 0.1) is 18.9 Å². The number of hydrogen-bond donors (Lipinski definition) is 0. The monoisotopic (exact) mass is 167 g/mol. The van der Waals surface area contributed by atoms with Crippen LogP contribution in [-0.4, -0.2) is 42.0 Å². The van der Waals surface area contributed by atoms with Crippen LogP contribution in [0.3, 0.4) is 0 Å². The fourth-order valence-electron chi connectivity index (χ4n) is 2.55. The molecular formula is C10H19N2-. The fraction of sp³-hybridized carbons (Fsp3) is 0.900. The van der Waals surface area contributed by atoms with Crippen molar-refractivity contribution >= 4 is 0 Å². The van der Waals surface area contributed by atoms with Gasteiger partial charge in [0, 0.05) is 19.1 Å². The lowest BCUT2D eigenvalue weighted by Crippen LogP contribution is -2.31. The van der Waals surface area contributed by atoms with Crippen molar-refractivity contribution in [1.29, 1.82) is 0 Å². The van der Waals surface area contributed by atoms with Gasteiger partial charge in [-0.05, 0) is 38.8 Å². The van der Waals surface area contributed by atoms with E-state index in [1.54, 1.807) is 0 Å². The molecule has 2 saturated heterocycles. The molecule has 0 amide bonds. The van der Waals surface area contributed by atoms with E-state index in [0.717, 1.165) is 17.9 Å². The van der Waals surface area contributed by atoms with E-state index in [2.05, 4.69) is 30.7 Å². The first-order chi connectivity index (χ1) is 5.66. The summed E-state index contributed by atoms with van der Waals surface area (Å²) in [4.78, 5) is 4.83. The number of hydrogen-bond acceptors (Lipinski definition) is 2. The van der Waals surface area contributed by atoms with Crippen molar-refractivity contribution in [1.82, 2.24) is 9.80 Å². The molecule has 2 aliphatic rings. The minimum Gasteiger partial charge on any atom is -0.459 e. The molecule has 2 atom stereocenters. The zero-order valence-electron chi connectivity index (χ0n) is 8.16. The predicted molar refractivity (Wildman–Crippen MR) is 50.6 cm³/mol. The van der Waals surface area contributed by atoms with Crippen molar-refractivity contribution in [3.05, 3.63) is 7.05 Å². The molecule has 0 N–H and O–H groups in total. The summed E-state index contributed by atoms with van der Waals surface area (Å²) in [7, 11) is 4.00. The van der Waals surface area contributed by atoms with Gasteiger partial charge in [-0.2, -0.15) is 0 Å². The van der Waals surface area contributed by atoms with Crippen molar-refractivity contribution in [3.63, 3.8) is 0 Å². The first-order valence-electron chi connectivity index (χ1n) is 4.96. The average Bonchev–Trinajstić information content (AvgIpc) is 2.42. The summed E-state index contributed by atoms with van der Waals surface area (Å²) in [6.07, 6.45) is 0. The lowest BCUT2D eigenvalue weighted by atomic mass is 10.0. The summed E-state index contributed by atoms with van der Waals surface area (Å²) in [6, 6.07) is 0.730. The summed E-state index contributed by atoms with van der Waals surface area (Å²) >= 11 is 0. The summed E-state index contributed by atoms with van der Waals surface area (Å²) in [5, 5.41) is 0. The van der Waals surface area contributed by atoms with Gasteiger partial charge < -0.3 is 9.80 Å². The lowest BCUT2D eigenvalue weighted by molar-refractivity contribution is 0.240. The predicted octanol–water partition coefficient (Wildman–Crippen LogP) is 1.05. The molecule has 0 aliphatic carbocycles. The molecule has 0 bridgehead atoms. The highest BCUT2D eigenvalue weighted by atomic mass is 15.2. The summed E-state index contributed by atoms with van der Waals surface area (Å²) in [5.74, 6) is 1.81. The maximum absolute atomic E-state index is 4.00. The van der Waals surface area contributed by atoms with Crippen molar-refractivity contribution < 1.29 is 0 Å². The topological polar surface area (TPSA) is 6.48 Å². The minimum atomic E-state index is 0.730. The first kappa shape index (κ1) is 8.52. The molecule has 0 saturated carbocycles. The van der Waals surface area contributed by atoms with Crippen LogP contribution in [0.5, 0.6) is 0 Å². The molecular weight excluding hydrogens is 148 g/mol. The Hall–Kier alpha value is -0.0800. The molecule has 0 aromatic rings. The lowest BCUT2D eigenvalue weighted by Gasteiger charge is -2.25. The van der Waals surface area contributed by atoms with E-state index in [1.165, 1.54) is 26.2 Å². The van der Waals surface area contributed by atoms with Gasteiger partial charge in [0.2, 0.25) is 0 Å². The molecule has 0 unspecified atom stereocenters. The Kier molecular flexibility index (Phi) is 2.13. The van der Waals surface area contributed by atoms with Crippen LogP contribution in [0.2, 0.25) is 0 Å². The van der Waals surface area contributed by atoms with Crippen molar-refractivity contribution in [2.75, 3.05) is 26.2 Å². The molecule has 2 aliphatic heterocycles. The normalized spacial score (nSPS) is 38.0. The van der Waals surface area contributed by atoms with Gasteiger partial charge in [-0.15, -0.1) is 0 Å². The molecule has 0 spiro atoms. The minimum absolute atomic E-state index is 0.730. The van der Waals surface area contributed by atoms with Gasteiger partial charge in [0.15, 0.2) is 0 Å². The summed E-state index contributed by atoms with van der Waals surface area (Å²) in [5.41, 5.74) is 0. The molecule has 0 aromatic heterocycles. The van der Waals surface area contributed by atoms with Crippen LogP contribution >= 0.6 is 0 Å². The summed E-state index contributed by atoms with van der Waals surface area (Å²) in [6.45, 7) is 9.62. The van der Waals surface area contributed by atoms with Gasteiger partial charge in [0.25, 0.3) is 0 Å². The standard InChI is InChI=1S/C10H19N2/c1-8(2)12-6-9-4-11(3)5-10(9)7-12/h8-10H,3-7H2,1-2H3/q-1/t9-,10+. The van der Waals surface area contributed by atoms with E-state index in [1.807, 2.05) is 0 Å². The second-order valence-electron chi connectivity index (χ2n) is 4.60. The van der Waals surface area contributed by atoms with Gasteiger partial charge in [0.1, 0.15) is 0 Å². The van der Waals surface area contributed by atoms with Crippen LogP contribution < -0.4 is 0 Å². The Morgan fingerprint density at radius 2 is 1.58 bits per heavy atom. The average molecular weight is 167 g/mol. The van der Waals surface area contributed by atoms with Gasteiger partial charge in [-0.1, -0.05) is 0 Å². The molecule has 2 heteroatoms. The van der Waals surface area contributed by atoms with Crippen LogP contribution in [-0.2, 0) is 0 Å². The van der Waals surface area contributed by atoms with Crippen LogP contribution in [0.15, 0.2) is 0 Å². The number of fused-ring (bicyclic) bond motifs is 1. The zero-order valence-corrected chi connectivity index (χ0v) is 8.16. The molecule has 12 heavy (non-hydrogen) atoms. The van der Waals surface area contributed by atoms with Gasteiger partial charge in [-0.3, -0.25) is 7.05 Å². The molecule has 2 rings (SSSR count). The smallest absolute Gasteiger partial charge is 0.00388 e. The second kappa shape index (κ2) is 3.00. The quantitative estimate of drug-likeness (QED) is 0.539. The maximum atomic E-state index is 4.00. The molecule has 2 fully saturated rings. The zero-order chi connectivity index (χ0) is 8.72. The van der Waals surface area contributed by atoms with E-state index in [-0.39, 0.29) is 0 Å². The van der Waals surface area contributed by atoms with Crippen LogP contribution in [0.1, 0.15) is 13.8 Å². The van der Waals surface area contributed by atoms with E-state index in [9.17, 15) is 0 Å². The first-order valence-corrected chi connectivity index (χ1v) is 4.96. The van der Waals surface area contributed by atoms with Crippen LogP contribution in [0.25, 0.3) is 0 Å².